The first-order valence-corrected chi connectivity index (χ1v) is 19.5. The van der Waals surface area contributed by atoms with Crippen LogP contribution in [0, 0.1) is 0 Å². The molecule has 3 heteroatoms. The van der Waals surface area contributed by atoms with Crippen LogP contribution in [0.5, 0.6) is 0 Å². The number of anilines is 3. The Balaban J connectivity index is 0.942. The van der Waals surface area contributed by atoms with Gasteiger partial charge in [0.25, 0.3) is 0 Å². The van der Waals surface area contributed by atoms with Crippen molar-refractivity contribution in [2.45, 2.75) is 0 Å². The molecule has 0 aliphatic rings. The van der Waals surface area contributed by atoms with Crippen molar-refractivity contribution in [1.29, 1.82) is 0 Å². The molecule has 258 valence electrons. The van der Waals surface area contributed by atoms with Crippen molar-refractivity contribution in [2.24, 2.45) is 0 Å². The average molecular weight is 720 g/mol. The zero-order chi connectivity index (χ0) is 36.3. The Morgan fingerprint density at radius 2 is 0.873 bits per heavy atom. The SMILES string of the molecule is c1cc(-c2ccc(-c3ccc(N(c4ccc5c(c4)oc4ccccc45)c4ccc5sc6ccccc6c5c4)cc3)cc2)cc(-c2ccc3ccccc3c2)c1. The van der Waals surface area contributed by atoms with Crippen LogP contribution in [0.1, 0.15) is 0 Å². The van der Waals surface area contributed by atoms with Crippen molar-refractivity contribution in [1.82, 2.24) is 0 Å². The number of benzene rings is 9. The minimum atomic E-state index is 0.880. The normalized spacial score (nSPS) is 11.6. The quantitative estimate of drug-likeness (QED) is 0.170. The summed E-state index contributed by atoms with van der Waals surface area (Å²) in [4.78, 5) is 2.34. The van der Waals surface area contributed by atoms with Crippen LogP contribution in [-0.2, 0) is 0 Å². The molecule has 9 aromatic carbocycles. The van der Waals surface area contributed by atoms with E-state index in [2.05, 4.69) is 193 Å². The van der Waals surface area contributed by atoms with Gasteiger partial charge in [0.1, 0.15) is 11.2 Å². The molecule has 11 rings (SSSR count). The number of thiophene rings is 1. The Labute approximate surface area is 322 Å². The van der Waals surface area contributed by atoms with Crippen LogP contribution in [0.4, 0.5) is 17.1 Å². The Hall–Kier alpha value is -6.94. The largest absolute Gasteiger partial charge is 0.456 e. The molecule has 0 N–H and O–H groups in total. The summed E-state index contributed by atoms with van der Waals surface area (Å²) in [5.41, 5.74) is 12.2. The van der Waals surface area contributed by atoms with Crippen LogP contribution < -0.4 is 4.90 Å². The van der Waals surface area contributed by atoms with Crippen LogP contribution in [0.15, 0.2) is 205 Å². The predicted octanol–water partition coefficient (Wildman–Crippen LogP) is 15.6. The molecule has 0 saturated heterocycles. The van der Waals surface area contributed by atoms with Gasteiger partial charge in [-0.25, -0.2) is 0 Å². The average Bonchev–Trinajstić information content (AvgIpc) is 3.82. The monoisotopic (exact) mass is 719 g/mol. The van der Waals surface area contributed by atoms with E-state index in [0.717, 1.165) is 39.0 Å². The second kappa shape index (κ2) is 12.9. The summed E-state index contributed by atoms with van der Waals surface area (Å²) in [7, 11) is 0. The molecule has 0 aliphatic carbocycles. The van der Waals surface area contributed by atoms with Crippen molar-refractivity contribution in [3.63, 3.8) is 0 Å². The molecule has 0 atom stereocenters. The van der Waals surface area contributed by atoms with Gasteiger partial charge in [0.2, 0.25) is 0 Å². The van der Waals surface area contributed by atoms with Crippen molar-refractivity contribution in [2.75, 3.05) is 4.90 Å². The van der Waals surface area contributed by atoms with E-state index in [1.165, 1.54) is 64.3 Å². The second-order valence-corrected chi connectivity index (χ2v) is 15.2. The fourth-order valence-corrected chi connectivity index (χ4v) is 9.15. The summed E-state index contributed by atoms with van der Waals surface area (Å²) in [6.45, 7) is 0. The van der Waals surface area contributed by atoms with Gasteiger partial charge in [0.15, 0.2) is 0 Å². The summed E-state index contributed by atoms with van der Waals surface area (Å²) >= 11 is 1.84. The molecule has 11 aromatic rings. The lowest BCUT2D eigenvalue weighted by Gasteiger charge is -2.26. The molecule has 0 saturated carbocycles. The molecule has 55 heavy (non-hydrogen) atoms. The third-order valence-corrected chi connectivity index (χ3v) is 12.0. The molecule has 2 nitrogen and oxygen atoms in total. The van der Waals surface area contributed by atoms with E-state index in [1.54, 1.807) is 0 Å². The number of para-hydroxylation sites is 1. The van der Waals surface area contributed by atoms with Gasteiger partial charge < -0.3 is 9.32 Å². The molecule has 2 aromatic heterocycles. The minimum absolute atomic E-state index is 0.880. The summed E-state index contributed by atoms with van der Waals surface area (Å²) < 4.78 is 8.96. The maximum absolute atomic E-state index is 6.37. The molecule has 0 unspecified atom stereocenters. The molecule has 0 aliphatic heterocycles. The summed E-state index contributed by atoms with van der Waals surface area (Å²) in [5, 5.41) is 7.33. The van der Waals surface area contributed by atoms with E-state index in [-0.39, 0.29) is 0 Å². The van der Waals surface area contributed by atoms with Crippen LogP contribution in [0.3, 0.4) is 0 Å². The van der Waals surface area contributed by atoms with E-state index >= 15 is 0 Å². The van der Waals surface area contributed by atoms with Crippen LogP contribution in [0.25, 0.3) is 86.3 Å². The number of hydrogen-bond acceptors (Lipinski definition) is 3. The first-order chi connectivity index (χ1) is 27.2. The van der Waals surface area contributed by atoms with Gasteiger partial charge >= 0.3 is 0 Å². The molecule has 0 amide bonds. The zero-order valence-electron chi connectivity index (χ0n) is 29.8. The third-order valence-electron chi connectivity index (χ3n) is 10.9. The summed E-state index contributed by atoms with van der Waals surface area (Å²) in [6, 6.07) is 72.3. The smallest absolute Gasteiger partial charge is 0.137 e. The van der Waals surface area contributed by atoms with Gasteiger partial charge in [0.05, 0.1) is 0 Å². The van der Waals surface area contributed by atoms with E-state index in [4.69, 9.17) is 4.42 Å². The molecule has 0 fully saturated rings. The van der Waals surface area contributed by atoms with E-state index < -0.39 is 0 Å². The number of furan rings is 1. The standard InChI is InChI=1S/C52H33NOS/c1-2-9-38-31-41(21-20-34(38)8-1)40-11-7-10-39(30-40)37-18-16-35(17-19-37)36-22-24-42(25-23-36)53(43-27-29-52-48(32-43)47-13-4-6-15-51(47)55-52)44-26-28-46-45-12-3-5-14-49(45)54-50(46)33-44/h1-33H. The van der Waals surface area contributed by atoms with Gasteiger partial charge in [-0.2, -0.15) is 0 Å². The first-order valence-electron chi connectivity index (χ1n) is 18.6. The van der Waals surface area contributed by atoms with Crippen molar-refractivity contribution < 1.29 is 4.42 Å². The molecule has 0 spiro atoms. The topological polar surface area (TPSA) is 16.4 Å². The highest BCUT2D eigenvalue weighted by molar-refractivity contribution is 7.25. The van der Waals surface area contributed by atoms with Gasteiger partial charge in [-0.3, -0.25) is 0 Å². The molecule has 0 bridgehead atoms. The maximum atomic E-state index is 6.37. The Bertz CT molecular complexity index is 3210. The number of nitrogens with zero attached hydrogens (tertiary/aromatic N) is 1. The third kappa shape index (κ3) is 5.56. The lowest BCUT2D eigenvalue weighted by Crippen LogP contribution is -2.09. The van der Waals surface area contributed by atoms with E-state index in [9.17, 15) is 0 Å². The number of rotatable bonds is 6. The molecule has 0 radical (unpaired) electrons. The van der Waals surface area contributed by atoms with E-state index in [0.29, 0.717) is 0 Å². The van der Waals surface area contributed by atoms with Crippen molar-refractivity contribution in [3.8, 4) is 33.4 Å². The van der Waals surface area contributed by atoms with Gasteiger partial charge in [-0.1, -0.05) is 127 Å². The van der Waals surface area contributed by atoms with Crippen LogP contribution in [-0.4, -0.2) is 0 Å². The number of hydrogen-bond donors (Lipinski definition) is 0. The van der Waals surface area contributed by atoms with E-state index in [1.807, 2.05) is 23.5 Å². The predicted molar refractivity (Wildman–Crippen MR) is 235 cm³/mol. The van der Waals surface area contributed by atoms with Crippen molar-refractivity contribution in [3.05, 3.63) is 200 Å². The maximum Gasteiger partial charge on any atom is 0.137 e. The highest BCUT2D eigenvalue weighted by atomic mass is 32.1. The zero-order valence-corrected chi connectivity index (χ0v) is 30.6. The molecule has 2 heterocycles. The lowest BCUT2D eigenvalue weighted by atomic mass is 9.96. The highest BCUT2D eigenvalue weighted by Gasteiger charge is 2.17. The molecular weight excluding hydrogens is 687 g/mol. The van der Waals surface area contributed by atoms with Crippen LogP contribution >= 0.6 is 11.3 Å². The van der Waals surface area contributed by atoms with Crippen LogP contribution in [0.2, 0.25) is 0 Å². The highest BCUT2D eigenvalue weighted by Crippen LogP contribution is 2.42. The summed E-state index contributed by atoms with van der Waals surface area (Å²) in [6.07, 6.45) is 0. The Morgan fingerprint density at radius 3 is 1.71 bits per heavy atom. The first kappa shape index (κ1) is 31.6. The van der Waals surface area contributed by atoms with Crippen molar-refractivity contribution >= 4 is 81.3 Å². The second-order valence-electron chi connectivity index (χ2n) is 14.2. The molecular formula is C52H33NOS. The fourth-order valence-electron chi connectivity index (χ4n) is 8.06. The summed E-state index contributed by atoms with van der Waals surface area (Å²) in [5.74, 6) is 0. The Kier molecular flexibility index (Phi) is 7.39. The van der Waals surface area contributed by atoms with Gasteiger partial charge in [-0.15, -0.1) is 11.3 Å². The number of fused-ring (bicyclic) bond motifs is 7. The fraction of sp³-hybridized carbons (Fsp3) is 0. The Morgan fingerprint density at radius 1 is 0.309 bits per heavy atom. The van der Waals surface area contributed by atoms with Gasteiger partial charge in [0, 0.05) is 54.1 Å². The van der Waals surface area contributed by atoms with Gasteiger partial charge in [-0.05, 0) is 111 Å². The minimum Gasteiger partial charge on any atom is -0.456 e. The lowest BCUT2D eigenvalue weighted by molar-refractivity contribution is 0.669.